The van der Waals surface area contributed by atoms with E-state index in [-0.39, 0.29) is 5.91 Å². The van der Waals surface area contributed by atoms with Gasteiger partial charge in [-0.1, -0.05) is 32.1 Å². The number of rotatable bonds is 6. The standard InChI is InChI=1S/C15H28N2O/c18-15(12-13-6-5-7-13)17-11-10-16-14-8-3-1-2-4-9-14/h13-14,16H,1-12H2,(H,17,18). The molecule has 2 N–H and O–H groups in total. The smallest absolute Gasteiger partial charge is 0.220 e. The highest BCUT2D eigenvalue weighted by molar-refractivity contribution is 5.76. The van der Waals surface area contributed by atoms with Gasteiger partial charge in [0.25, 0.3) is 0 Å². The van der Waals surface area contributed by atoms with Gasteiger partial charge in [0.15, 0.2) is 0 Å². The fourth-order valence-corrected chi connectivity index (χ4v) is 2.99. The first-order valence-electron chi connectivity index (χ1n) is 7.84. The zero-order valence-electron chi connectivity index (χ0n) is 11.5. The van der Waals surface area contributed by atoms with Crippen molar-refractivity contribution in [1.82, 2.24) is 10.6 Å². The summed E-state index contributed by atoms with van der Waals surface area (Å²) >= 11 is 0. The minimum atomic E-state index is 0.252. The predicted molar refractivity (Wildman–Crippen MR) is 74.5 cm³/mol. The van der Waals surface area contributed by atoms with Gasteiger partial charge >= 0.3 is 0 Å². The molecule has 18 heavy (non-hydrogen) atoms. The summed E-state index contributed by atoms with van der Waals surface area (Å²) in [6.07, 6.45) is 12.8. The summed E-state index contributed by atoms with van der Waals surface area (Å²) in [5, 5.41) is 6.62. The molecule has 2 aliphatic carbocycles. The van der Waals surface area contributed by atoms with Crippen molar-refractivity contribution >= 4 is 5.91 Å². The van der Waals surface area contributed by atoms with Crippen LogP contribution in [0.5, 0.6) is 0 Å². The summed E-state index contributed by atoms with van der Waals surface area (Å²) in [4.78, 5) is 11.6. The number of carbonyl (C=O) groups excluding carboxylic acids is 1. The monoisotopic (exact) mass is 252 g/mol. The molecule has 0 unspecified atom stereocenters. The summed E-state index contributed by atoms with van der Waals surface area (Å²) in [6.45, 7) is 1.73. The van der Waals surface area contributed by atoms with Crippen molar-refractivity contribution in [3.05, 3.63) is 0 Å². The third-order valence-electron chi connectivity index (χ3n) is 4.43. The molecule has 2 saturated carbocycles. The first kappa shape index (κ1) is 13.9. The lowest BCUT2D eigenvalue weighted by atomic mass is 9.83. The molecule has 0 bridgehead atoms. The van der Waals surface area contributed by atoms with E-state index in [0.717, 1.165) is 19.5 Å². The molecule has 0 saturated heterocycles. The molecule has 2 aliphatic rings. The van der Waals surface area contributed by atoms with Crippen LogP contribution in [-0.4, -0.2) is 25.0 Å². The normalized spacial score (nSPS) is 22.2. The molecule has 2 rings (SSSR count). The minimum absolute atomic E-state index is 0.252. The van der Waals surface area contributed by atoms with Gasteiger partial charge in [-0.3, -0.25) is 4.79 Å². The summed E-state index contributed by atoms with van der Waals surface area (Å²) in [5.74, 6) is 0.933. The first-order chi connectivity index (χ1) is 8.84. The van der Waals surface area contributed by atoms with Crippen molar-refractivity contribution in [2.24, 2.45) is 5.92 Å². The molecule has 104 valence electrons. The molecule has 0 radical (unpaired) electrons. The Hall–Kier alpha value is -0.570. The maximum atomic E-state index is 11.6. The second-order valence-electron chi connectivity index (χ2n) is 5.99. The summed E-state index contributed by atoms with van der Waals surface area (Å²) in [7, 11) is 0. The zero-order chi connectivity index (χ0) is 12.6. The third-order valence-corrected chi connectivity index (χ3v) is 4.43. The maximum absolute atomic E-state index is 11.6. The number of hydrogen-bond donors (Lipinski definition) is 2. The van der Waals surface area contributed by atoms with Gasteiger partial charge in [0, 0.05) is 25.6 Å². The lowest BCUT2D eigenvalue weighted by Crippen LogP contribution is -2.37. The van der Waals surface area contributed by atoms with Crippen LogP contribution in [0.3, 0.4) is 0 Å². The molecule has 1 amide bonds. The van der Waals surface area contributed by atoms with E-state index < -0.39 is 0 Å². The van der Waals surface area contributed by atoms with Gasteiger partial charge in [0.1, 0.15) is 0 Å². The fourth-order valence-electron chi connectivity index (χ4n) is 2.99. The van der Waals surface area contributed by atoms with Crippen molar-refractivity contribution in [2.45, 2.75) is 70.3 Å². The van der Waals surface area contributed by atoms with Gasteiger partial charge in [-0.2, -0.15) is 0 Å². The van der Waals surface area contributed by atoms with Crippen molar-refractivity contribution in [3.63, 3.8) is 0 Å². The van der Waals surface area contributed by atoms with Crippen LogP contribution in [-0.2, 0) is 4.79 Å². The Bertz CT molecular complexity index is 243. The van der Waals surface area contributed by atoms with E-state index in [1.807, 2.05) is 0 Å². The Balaban J connectivity index is 1.48. The summed E-state index contributed by atoms with van der Waals surface area (Å²) < 4.78 is 0. The lowest BCUT2D eigenvalue weighted by Gasteiger charge is -2.24. The minimum Gasteiger partial charge on any atom is -0.355 e. The average Bonchev–Trinajstić information content (AvgIpc) is 2.58. The number of nitrogens with one attached hydrogen (secondary N) is 2. The van der Waals surface area contributed by atoms with E-state index in [4.69, 9.17) is 0 Å². The Morgan fingerprint density at radius 3 is 2.22 bits per heavy atom. The SMILES string of the molecule is O=C(CC1CCC1)NCCNC1CCCCCC1. The number of carbonyl (C=O) groups is 1. The van der Waals surface area contributed by atoms with Crippen molar-refractivity contribution < 1.29 is 4.79 Å². The van der Waals surface area contributed by atoms with Crippen molar-refractivity contribution in [3.8, 4) is 0 Å². The van der Waals surface area contributed by atoms with Gasteiger partial charge in [-0.25, -0.2) is 0 Å². The van der Waals surface area contributed by atoms with Crippen LogP contribution in [0, 0.1) is 5.92 Å². The average molecular weight is 252 g/mol. The maximum Gasteiger partial charge on any atom is 0.220 e. The molecule has 3 heteroatoms. The molecule has 0 aliphatic heterocycles. The molecular formula is C15H28N2O. The van der Waals surface area contributed by atoms with E-state index in [9.17, 15) is 4.79 Å². The van der Waals surface area contributed by atoms with E-state index in [1.54, 1.807) is 0 Å². The van der Waals surface area contributed by atoms with Crippen LogP contribution < -0.4 is 10.6 Å². The Morgan fingerprint density at radius 1 is 0.889 bits per heavy atom. The van der Waals surface area contributed by atoms with Crippen molar-refractivity contribution in [1.29, 1.82) is 0 Å². The first-order valence-corrected chi connectivity index (χ1v) is 7.84. The van der Waals surface area contributed by atoms with Gasteiger partial charge < -0.3 is 10.6 Å². The highest BCUT2D eigenvalue weighted by atomic mass is 16.1. The predicted octanol–water partition coefficient (Wildman–Crippen LogP) is 2.61. The van der Waals surface area contributed by atoms with Crippen LogP contribution >= 0.6 is 0 Å². The molecular weight excluding hydrogens is 224 g/mol. The topological polar surface area (TPSA) is 41.1 Å². The van der Waals surface area contributed by atoms with Crippen LogP contribution in [0.1, 0.15) is 64.2 Å². The highest BCUT2D eigenvalue weighted by Crippen LogP contribution is 2.28. The zero-order valence-corrected chi connectivity index (χ0v) is 11.5. The van der Waals surface area contributed by atoms with E-state index >= 15 is 0 Å². The largest absolute Gasteiger partial charge is 0.355 e. The van der Waals surface area contributed by atoms with E-state index in [0.29, 0.717) is 12.0 Å². The Labute approximate surface area is 111 Å². The van der Waals surface area contributed by atoms with Crippen LogP contribution in [0.15, 0.2) is 0 Å². The highest BCUT2D eigenvalue weighted by Gasteiger charge is 2.20. The molecule has 0 aromatic rings. The second-order valence-corrected chi connectivity index (χ2v) is 5.99. The Morgan fingerprint density at radius 2 is 1.61 bits per heavy atom. The molecule has 3 nitrogen and oxygen atoms in total. The van der Waals surface area contributed by atoms with E-state index in [1.165, 1.54) is 57.8 Å². The van der Waals surface area contributed by atoms with Crippen LogP contribution in [0.4, 0.5) is 0 Å². The fraction of sp³-hybridized carbons (Fsp3) is 0.933. The number of hydrogen-bond acceptors (Lipinski definition) is 2. The van der Waals surface area contributed by atoms with Gasteiger partial charge in [-0.05, 0) is 31.6 Å². The Kier molecular flexibility index (Phi) is 5.98. The quantitative estimate of drug-likeness (QED) is 0.563. The molecule has 0 aromatic carbocycles. The lowest BCUT2D eigenvalue weighted by molar-refractivity contribution is -0.122. The van der Waals surface area contributed by atoms with Gasteiger partial charge in [-0.15, -0.1) is 0 Å². The van der Waals surface area contributed by atoms with Gasteiger partial charge in [0.2, 0.25) is 5.91 Å². The molecule has 0 aromatic heterocycles. The third kappa shape index (κ3) is 4.97. The van der Waals surface area contributed by atoms with Gasteiger partial charge in [0.05, 0.1) is 0 Å². The molecule has 2 fully saturated rings. The van der Waals surface area contributed by atoms with Crippen molar-refractivity contribution in [2.75, 3.05) is 13.1 Å². The molecule has 0 atom stereocenters. The van der Waals surface area contributed by atoms with E-state index in [2.05, 4.69) is 10.6 Å². The number of amides is 1. The van der Waals surface area contributed by atoms with Crippen LogP contribution in [0.2, 0.25) is 0 Å². The molecule has 0 spiro atoms. The second kappa shape index (κ2) is 7.78. The summed E-state index contributed by atoms with van der Waals surface area (Å²) in [5.41, 5.74) is 0. The summed E-state index contributed by atoms with van der Waals surface area (Å²) in [6, 6.07) is 0.691. The van der Waals surface area contributed by atoms with Crippen LogP contribution in [0.25, 0.3) is 0 Å². The molecule has 0 heterocycles.